The van der Waals surface area contributed by atoms with Gasteiger partial charge >= 0.3 is 0 Å². The van der Waals surface area contributed by atoms with E-state index in [1.807, 2.05) is 13.8 Å². The number of carbonyl (C=O) groups excluding carboxylic acids is 1. The average molecular weight is 182 g/mol. The maximum atomic E-state index is 11.4. The van der Waals surface area contributed by atoms with Gasteiger partial charge in [-0.1, -0.05) is 5.92 Å². The molecule has 0 bridgehead atoms. The van der Waals surface area contributed by atoms with E-state index in [4.69, 9.17) is 12.2 Å². The topological polar surface area (TPSA) is 46.3 Å². The molecule has 3 nitrogen and oxygen atoms in total. The maximum Gasteiger partial charge on any atom is 0.223 e. The second-order valence-corrected chi connectivity index (χ2v) is 3.94. The van der Waals surface area contributed by atoms with Crippen LogP contribution < -0.4 is 5.73 Å². The summed E-state index contributed by atoms with van der Waals surface area (Å²) in [4.78, 5) is 12.9. The molecule has 0 aromatic carbocycles. The van der Waals surface area contributed by atoms with Crippen LogP contribution in [0.2, 0.25) is 0 Å². The molecule has 3 heteroatoms. The van der Waals surface area contributed by atoms with Crippen LogP contribution in [-0.2, 0) is 4.79 Å². The molecule has 0 rings (SSSR count). The van der Waals surface area contributed by atoms with Gasteiger partial charge in [-0.25, -0.2) is 0 Å². The fourth-order valence-electron chi connectivity index (χ4n) is 0.845. The molecule has 13 heavy (non-hydrogen) atoms. The highest BCUT2D eigenvalue weighted by Gasteiger charge is 2.14. The summed E-state index contributed by atoms with van der Waals surface area (Å²) in [5, 5.41) is 0. The Hall–Kier alpha value is -1.01. The van der Waals surface area contributed by atoms with Crippen LogP contribution in [0.3, 0.4) is 0 Å². The third-order valence-corrected chi connectivity index (χ3v) is 1.74. The smallest absolute Gasteiger partial charge is 0.223 e. The van der Waals surface area contributed by atoms with Gasteiger partial charge in [0.05, 0.1) is 6.54 Å². The van der Waals surface area contributed by atoms with Crippen LogP contribution in [0.5, 0.6) is 0 Å². The molecule has 0 heterocycles. The summed E-state index contributed by atoms with van der Waals surface area (Å²) in [5.41, 5.74) is 5.46. The van der Waals surface area contributed by atoms with Crippen molar-refractivity contribution in [2.75, 3.05) is 13.6 Å². The van der Waals surface area contributed by atoms with Crippen molar-refractivity contribution in [1.82, 2.24) is 4.90 Å². The van der Waals surface area contributed by atoms with Gasteiger partial charge in [-0.15, -0.1) is 6.42 Å². The molecule has 0 spiro atoms. The van der Waals surface area contributed by atoms with Crippen molar-refractivity contribution in [2.45, 2.75) is 32.2 Å². The van der Waals surface area contributed by atoms with E-state index >= 15 is 0 Å². The molecule has 0 aliphatic heterocycles. The lowest BCUT2D eigenvalue weighted by atomic mass is 10.00. The summed E-state index contributed by atoms with van der Waals surface area (Å²) in [7, 11) is 1.70. The van der Waals surface area contributed by atoms with Crippen LogP contribution in [0.4, 0.5) is 0 Å². The third kappa shape index (κ3) is 6.18. The number of terminal acetylenes is 1. The number of hydrogen-bond acceptors (Lipinski definition) is 2. The number of nitrogens with zero attached hydrogens (tertiary/aromatic N) is 1. The van der Waals surface area contributed by atoms with Crippen LogP contribution in [0.25, 0.3) is 0 Å². The molecule has 74 valence electrons. The van der Waals surface area contributed by atoms with Gasteiger partial charge in [-0.3, -0.25) is 4.79 Å². The van der Waals surface area contributed by atoms with Crippen molar-refractivity contribution in [3.05, 3.63) is 0 Å². The van der Waals surface area contributed by atoms with Gasteiger partial charge in [0.2, 0.25) is 5.91 Å². The number of amides is 1. The fraction of sp³-hybridized carbons (Fsp3) is 0.700. The lowest BCUT2D eigenvalue weighted by Crippen LogP contribution is -2.35. The molecule has 0 aliphatic carbocycles. The lowest BCUT2D eigenvalue weighted by Gasteiger charge is -2.20. The summed E-state index contributed by atoms with van der Waals surface area (Å²) >= 11 is 0. The highest BCUT2D eigenvalue weighted by Crippen LogP contribution is 2.07. The van der Waals surface area contributed by atoms with Crippen molar-refractivity contribution in [3.8, 4) is 12.3 Å². The molecular formula is C10H18N2O. The minimum atomic E-state index is -0.285. The standard InChI is InChI=1S/C10H18N2O/c1-5-8-12(4)9(13)6-7-10(2,3)11/h1H,6-8,11H2,2-4H3. The first-order valence-corrected chi connectivity index (χ1v) is 4.33. The molecule has 0 aromatic rings. The minimum absolute atomic E-state index is 0.0523. The predicted octanol–water partition coefficient (Wildman–Crippen LogP) is 0.596. The SMILES string of the molecule is C#CCN(C)C(=O)CCC(C)(C)N. The normalized spacial score (nSPS) is 10.7. The van der Waals surface area contributed by atoms with Gasteiger partial charge in [-0.2, -0.15) is 0 Å². The van der Waals surface area contributed by atoms with Crippen LogP contribution >= 0.6 is 0 Å². The van der Waals surface area contributed by atoms with E-state index in [1.54, 1.807) is 7.05 Å². The van der Waals surface area contributed by atoms with Gasteiger partial charge in [0.1, 0.15) is 0 Å². The molecule has 0 fully saturated rings. The summed E-state index contributed by atoms with van der Waals surface area (Å²) in [6.07, 6.45) is 6.22. The Balaban J connectivity index is 3.83. The monoisotopic (exact) mass is 182 g/mol. The molecule has 0 saturated carbocycles. The Labute approximate surface area is 80.3 Å². The first kappa shape index (κ1) is 12.0. The maximum absolute atomic E-state index is 11.4. The van der Waals surface area contributed by atoms with Gasteiger partial charge < -0.3 is 10.6 Å². The second-order valence-electron chi connectivity index (χ2n) is 3.94. The average Bonchev–Trinajstić information content (AvgIpc) is 1.99. The largest absolute Gasteiger partial charge is 0.335 e. The number of hydrogen-bond donors (Lipinski definition) is 1. The molecule has 2 N–H and O–H groups in total. The number of rotatable bonds is 4. The first-order chi connectivity index (χ1) is 5.87. The van der Waals surface area contributed by atoms with E-state index in [9.17, 15) is 4.79 Å². The second kappa shape index (κ2) is 4.88. The summed E-state index contributed by atoms with van der Waals surface area (Å²) in [6.45, 7) is 4.17. The Morgan fingerprint density at radius 2 is 2.15 bits per heavy atom. The van der Waals surface area contributed by atoms with Crippen LogP contribution in [-0.4, -0.2) is 29.9 Å². The molecule has 0 radical (unpaired) electrons. The molecule has 0 atom stereocenters. The van der Waals surface area contributed by atoms with E-state index in [1.165, 1.54) is 4.90 Å². The zero-order valence-electron chi connectivity index (χ0n) is 8.63. The lowest BCUT2D eigenvalue weighted by molar-refractivity contribution is -0.129. The number of nitrogens with two attached hydrogens (primary N) is 1. The zero-order valence-corrected chi connectivity index (χ0v) is 8.63. The highest BCUT2D eigenvalue weighted by atomic mass is 16.2. The van der Waals surface area contributed by atoms with E-state index in [-0.39, 0.29) is 11.4 Å². The van der Waals surface area contributed by atoms with E-state index in [0.717, 1.165) is 0 Å². The van der Waals surface area contributed by atoms with Gasteiger partial charge in [-0.05, 0) is 20.3 Å². The Morgan fingerprint density at radius 1 is 1.62 bits per heavy atom. The Kier molecular flexibility index (Phi) is 4.50. The van der Waals surface area contributed by atoms with Crippen molar-refractivity contribution in [3.63, 3.8) is 0 Å². The van der Waals surface area contributed by atoms with Gasteiger partial charge in [0.15, 0.2) is 0 Å². The van der Waals surface area contributed by atoms with Crippen molar-refractivity contribution < 1.29 is 4.79 Å². The van der Waals surface area contributed by atoms with Gasteiger partial charge in [0.25, 0.3) is 0 Å². The summed E-state index contributed by atoms with van der Waals surface area (Å²) in [6, 6.07) is 0. The van der Waals surface area contributed by atoms with Crippen LogP contribution in [0.1, 0.15) is 26.7 Å². The Bertz CT molecular complexity index is 210. The third-order valence-electron chi connectivity index (χ3n) is 1.74. The summed E-state index contributed by atoms with van der Waals surface area (Å²) < 4.78 is 0. The van der Waals surface area contributed by atoms with E-state index in [2.05, 4.69) is 5.92 Å². The zero-order chi connectivity index (χ0) is 10.5. The molecule has 1 amide bonds. The van der Waals surface area contributed by atoms with Crippen molar-refractivity contribution in [2.24, 2.45) is 5.73 Å². The quantitative estimate of drug-likeness (QED) is 0.647. The van der Waals surface area contributed by atoms with E-state index in [0.29, 0.717) is 19.4 Å². The molecule has 0 aliphatic rings. The molecule has 0 saturated heterocycles. The molecular weight excluding hydrogens is 164 g/mol. The summed E-state index contributed by atoms with van der Waals surface area (Å²) in [5.74, 6) is 2.47. The first-order valence-electron chi connectivity index (χ1n) is 4.33. The fourth-order valence-corrected chi connectivity index (χ4v) is 0.845. The van der Waals surface area contributed by atoms with Gasteiger partial charge in [0, 0.05) is 19.0 Å². The molecule has 0 aromatic heterocycles. The van der Waals surface area contributed by atoms with Crippen molar-refractivity contribution in [1.29, 1.82) is 0 Å². The minimum Gasteiger partial charge on any atom is -0.335 e. The van der Waals surface area contributed by atoms with Crippen LogP contribution in [0.15, 0.2) is 0 Å². The Morgan fingerprint density at radius 3 is 2.54 bits per heavy atom. The van der Waals surface area contributed by atoms with Crippen molar-refractivity contribution >= 4 is 5.91 Å². The van der Waals surface area contributed by atoms with Crippen LogP contribution in [0, 0.1) is 12.3 Å². The predicted molar refractivity (Wildman–Crippen MR) is 54.0 cm³/mol. The molecule has 0 unspecified atom stereocenters. The highest BCUT2D eigenvalue weighted by molar-refractivity contribution is 5.76. The number of carbonyl (C=O) groups is 1. The van der Waals surface area contributed by atoms with E-state index < -0.39 is 0 Å².